The van der Waals surface area contributed by atoms with Gasteiger partial charge in [0.15, 0.2) is 0 Å². The van der Waals surface area contributed by atoms with Gasteiger partial charge in [-0.3, -0.25) is 9.59 Å². The van der Waals surface area contributed by atoms with Crippen molar-refractivity contribution in [1.82, 2.24) is 4.90 Å². The fourth-order valence-corrected chi connectivity index (χ4v) is 4.02. The first-order valence-electron chi connectivity index (χ1n) is 11.2. The largest absolute Gasteiger partial charge is 0.497 e. The summed E-state index contributed by atoms with van der Waals surface area (Å²) in [5.74, 6) is 0.299. The van der Waals surface area contributed by atoms with Crippen LogP contribution in [0.2, 0.25) is 0 Å². The molecule has 7 nitrogen and oxygen atoms in total. The normalized spacial score (nSPS) is 14.3. The van der Waals surface area contributed by atoms with Gasteiger partial charge in [-0.1, -0.05) is 24.3 Å². The van der Waals surface area contributed by atoms with E-state index >= 15 is 0 Å². The van der Waals surface area contributed by atoms with Crippen LogP contribution in [0.25, 0.3) is 0 Å². The second-order valence-corrected chi connectivity index (χ2v) is 7.92. The van der Waals surface area contributed by atoms with E-state index in [-0.39, 0.29) is 5.91 Å². The number of rotatable bonds is 11. The maximum absolute atomic E-state index is 13.0. The van der Waals surface area contributed by atoms with E-state index in [4.69, 9.17) is 15.2 Å². The minimum atomic E-state index is -0.598. The van der Waals surface area contributed by atoms with Crippen LogP contribution in [0.4, 0.5) is 5.69 Å². The summed E-state index contributed by atoms with van der Waals surface area (Å²) in [5.41, 5.74) is 9.28. The number of benzene rings is 2. The first-order chi connectivity index (χ1) is 15.5. The minimum absolute atomic E-state index is 0.0485. The summed E-state index contributed by atoms with van der Waals surface area (Å²) < 4.78 is 10.7. The number of carbonyl (C=O) groups is 2. The third-order valence-electron chi connectivity index (χ3n) is 5.81. The van der Waals surface area contributed by atoms with Crippen molar-refractivity contribution in [1.29, 1.82) is 0 Å². The Morgan fingerprint density at radius 2 is 1.81 bits per heavy atom. The molecule has 2 aromatic carbocycles. The third-order valence-corrected chi connectivity index (χ3v) is 5.81. The molecular formula is C25H33N3O4. The number of fused-ring (bicyclic) bond motifs is 1. The van der Waals surface area contributed by atoms with Gasteiger partial charge < -0.3 is 25.0 Å². The van der Waals surface area contributed by atoms with Crippen molar-refractivity contribution < 1.29 is 19.1 Å². The molecule has 0 bridgehead atoms. The van der Waals surface area contributed by atoms with E-state index in [9.17, 15) is 9.59 Å². The van der Waals surface area contributed by atoms with Gasteiger partial charge in [0.2, 0.25) is 5.91 Å². The molecule has 2 amide bonds. The molecule has 1 atom stereocenters. The molecule has 1 aliphatic heterocycles. The van der Waals surface area contributed by atoms with Crippen LogP contribution in [0.1, 0.15) is 41.8 Å². The zero-order valence-corrected chi connectivity index (χ0v) is 19.2. The summed E-state index contributed by atoms with van der Waals surface area (Å²) in [4.78, 5) is 28.6. The van der Waals surface area contributed by atoms with Crippen molar-refractivity contribution in [2.45, 2.75) is 39.2 Å². The van der Waals surface area contributed by atoms with E-state index in [2.05, 4.69) is 24.0 Å². The summed E-state index contributed by atoms with van der Waals surface area (Å²) in [6, 6.07) is 13.8. The summed E-state index contributed by atoms with van der Waals surface area (Å²) >= 11 is 0. The van der Waals surface area contributed by atoms with Gasteiger partial charge in [-0.2, -0.15) is 0 Å². The number of anilines is 1. The number of aryl methyl sites for hydroxylation is 1. The molecule has 0 aromatic heterocycles. The number of nitrogens with zero attached hydrogens (tertiary/aromatic N) is 2. The van der Waals surface area contributed by atoms with Gasteiger partial charge in [0, 0.05) is 26.1 Å². The van der Waals surface area contributed by atoms with Crippen molar-refractivity contribution in [3.8, 4) is 5.75 Å². The highest BCUT2D eigenvalue weighted by atomic mass is 16.5. The highest BCUT2D eigenvalue weighted by molar-refractivity contribution is 6.02. The number of carbonyl (C=O) groups excluding carboxylic acids is 2. The van der Waals surface area contributed by atoms with Crippen LogP contribution in [0, 0.1) is 0 Å². The fraction of sp³-hybridized carbons (Fsp3) is 0.440. The summed E-state index contributed by atoms with van der Waals surface area (Å²) in [6.45, 7) is 6.51. The summed E-state index contributed by atoms with van der Waals surface area (Å²) in [5, 5.41) is 0. The number of hydrogen-bond acceptors (Lipinski definition) is 5. The monoisotopic (exact) mass is 439 g/mol. The molecule has 2 N–H and O–H groups in total. The quantitative estimate of drug-likeness (QED) is 0.582. The molecule has 0 aliphatic carbocycles. The standard InChI is InChI=1S/C25H33N3O4/c1-4-27-17-28(25(30)21-16-20(31-3)12-13-22(21)27)14-6-7-18-8-10-19(11-9-18)15-23(24(26)29)32-5-2/h8-13,16,23H,4-7,14-15,17H2,1-3H3,(H2,26,29). The Kier molecular flexibility index (Phi) is 8.11. The average Bonchev–Trinajstić information content (AvgIpc) is 2.81. The molecule has 3 rings (SSSR count). The third kappa shape index (κ3) is 5.59. The lowest BCUT2D eigenvalue weighted by Gasteiger charge is -2.37. The molecule has 7 heteroatoms. The Morgan fingerprint density at radius 1 is 1.09 bits per heavy atom. The van der Waals surface area contributed by atoms with Crippen LogP contribution in [-0.4, -0.2) is 56.3 Å². The van der Waals surface area contributed by atoms with Crippen LogP contribution < -0.4 is 15.4 Å². The van der Waals surface area contributed by atoms with E-state index in [1.807, 2.05) is 42.2 Å². The molecule has 1 heterocycles. The van der Waals surface area contributed by atoms with E-state index in [1.54, 1.807) is 7.11 Å². The Labute approximate surface area is 190 Å². The maximum atomic E-state index is 13.0. The molecule has 0 saturated carbocycles. The molecule has 0 spiro atoms. The van der Waals surface area contributed by atoms with Crippen molar-refractivity contribution in [3.63, 3.8) is 0 Å². The zero-order valence-electron chi connectivity index (χ0n) is 19.2. The molecule has 2 aromatic rings. The lowest BCUT2D eigenvalue weighted by atomic mass is 10.0. The molecule has 172 valence electrons. The van der Waals surface area contributed by atoms with Crippen LogP contribution in [-0.2, 0) is 22.4 Å². The number of amides is 2. The molecule has 0 saturated heterocycles. The molecule has 0 radical (unpaired) electrons. The van der Waals surface area contributed by atoms with Gasteiger partial charge in [0.1, 0.15) is 11.9 Å². The van der Waals surface area contributed by atoms with E-state index in [0.717, 1.165) is 30.6 Å². The van der Waals surface area contributed by atoms with Crippen molar-refractivity contribution in [2.24, 2.45) is 5.73 Å². The second kappa shape index (κ2) is 11.0. The average molecular weight is 440 g/mol. The van der Waals surface area contributed by atoms with Crippen molar-refractivity contribution in [3.05, 3.63) is 59.2 Å². The Bertz CT molecular complexity index is 929. The van der Waals surface area contributed by atoms with Gasteiger partial charge in [-0.25, -0.2) is 0 Å². The molecular weight excluding hydrogens is 406 g/mol. The number of nitrogens with two attached hydrogens (primary N) is 1. The van der Waals surface area contributed by atoms with Gasteiger partial charge in [-0.05, 0) is 56.0 Å². The first kappa shape index (κ1) is 23.6. The number of methoxy groups -OCH3 is 1. The molecule has 32 heavy (non-hydrogen) atoms. The number of ether oxygens (including phenoxy) is 2. The summed E-state index contributed by atoms with van der Waals surface area (Å²) in [7, 11) is 1.61. The smallest absolute Gasteiger partial charge is 0.257 e. The molecule has 1 aliphatic rings. The lowest BCUT2D eigenvalue weighted by Crippen LogP contribution is -2.47. The Balaban J connectivity index is 1.58. The highest BCUT2D eigenvalue weighted by Gasteiger charge is 2.28. The van der Waals surface area contributed by atoms with Crippen LogP contribution >= 0.6 is 0 Å². The van der Waals surface area contributed by atoms with Crippen LogP contribution in [0.5, 0.6) is 5.75 Å². The van der Waals surface area contributed by atoms with E-state index in [0.29, 0.717) is 37.6 Å². The van der Waals surface area contributed by atoms with Crippen molar-refractivity contribution in [2.75, 3.05) is 38.4 Å². The Morgan fingerprint density at radius 3 is 2.44 bits per heavy atom. The molecule has 0 fully saturated rings. The topological polar surface area (TPSA) is 85.1 Å². The van der Waals surface area contributed by atoms with Gasteiger partial charge >= 0.3 is 0 Å². The van der Waals surface area contributed by atoms with Gasteiger partial charge in [0.05, 0.1) is 25.0 Å². The van der Waals surface area contributed by atoms with E-state index in [1.165, 1.54) is 5.56 Å². The van der Waals surface area contributed by atoms with E-state index < -0.39 is 12.0 Å². The van der Waals surface area contributed by atoms with Crippen LogP contribution in [0.3, 0.4) is 0 Å². The number of hydrogen-bond donors (Lipinski definition) is 1. The SMILES string of the molecule is CCOC(Cc1ccc(CCCN2CN(CC)c3ccc(OC)cc3C2=O)cc1)C(N)=O. The van der Waals surface area contributed by atoms with Crippen molar-refractivity contribution >= 4 is 17.5 Å². The van der Waals surface area contributed by atoms with Gasteiger partial charge in [0.25, 0.3) is 5.91 Å². The number of primary amides is 1. The lowest BCUT2D eigenvalue weighted by molar-refractivity contribution is -0.129. The second-order valence-electron chi connectivity index (χ2n) is 7.92. The van der Waals surface area contributed by atoms with Crippen LogP contribution in [0.15, 0.2) is 42.5 Å². The maximum Gasteiger partial charge on any atom is 0.257 e. The first-order valence-corrected chi connectivity index (χ1v) is 11.2. The minimum Gasteiger partial charge on any atom is -0.497 e. The zero-order chi connectivity index (χ0) is 23.1. The molecule has 1 unspecified atom stereocenters. The predicted molar refractivity (Wildman–Crippen MR) is 125 cm³/mol. The summed E-state index contributed by atoms with van der Waals surface area (Å²) in [6.07, 6.45) is 1.61. The highest BCUT2D eigenvalue weighted by Crippen LogP contribution is 2.30. The Hall–Kier alpha value is -3.06. The fourth-order valence-electron chi connectivity index (χ4n) is 4.02. The van der Waals surface area contributed by atoms with Gasteiger partial charge in [-0.15, -0.1) is 0 Å². The predicted octanol–water partition coefficient (Wildman–Crippen LogP) is 3.00.